The van der Waals surface area contributed by atoms with Gasteiger partial charge in [0.05, 0.1) is 91.4 Å². The topological polar surface area (TPSA) is 448 Å². The highest BCUT2D eigenvalue weighted by Crippen LogP contribution is 2.28. The first kappa shape index (κ1) is 78.3. The number of carbonyl (C=O) groups excluding carboxylic acids is 7. The molecule has 88 heavy (non-hydrogen) atoms. The summed E-state index contributed by atoms with van der Waals surface area (Å²) >= 11 is 1.72. The fourth-order valence-corrected chi connectivity index (χ4v) is 10.5. The number of unbranched alkanes of at least 4 members (excludes halogenated alkanes) is 2. The second kappa shape index (κ2) is 43.0. The maximum atomic E-state index is 13.8. The minimum absolute atomic E-state index is 0.0120. The van der Waals surface area contributed by atoms with Crippen LogP contribution in [-0.2, 0) is 76.2 Å². The van der Waals surface area contributed by atoms with E-state index >= 15 is 0 Å². The second-order valence-electron chi connectivity index (χ2n) is 22.4. The van der Waals surface area contributed by atoms with Crippen LogP contribution in [0, 0.1) is 11.3 Å². The number of rotatable bonds is 46. The third-order valence-corrected chi connectivity index (χ3v) is 15.6. The normalized spacial score (nSPS) is 27.8. The summed E-state index contributed by atoms with van der Waals surface area (Å²) in [6.07, 6.45) is -7.61. The number of carbonyl (C=O) groups is 7. The highest BCUT2D eigenvalue weighted by Gasteiger charge is 2.47. The maximum Gasteiger partial charge on any atom is 0.222 e. The van der Waals surface area contributed by atoms with Crippen molar-refractivity contribution in [2.24, 2.45) is 5.92 Å². The quantitative estimate of drug-likeness (QED) is 0.0215. The first-order chi connectivity index (χ1) is 42.0. The number of aliphatic hydroxyl groups is 8. The molecule has 3 fully saturated rings. The van der Waals surface area contributed by atoms with Crippen LogP contribution in [0.4, 0.5) is 0 Å². The Bertz CT molecular complexity index is 1920. The molecule has 3 heterocycles. The van der Waals surface area contributed by atoms with Crippen LogP contribution < -0.4 is 26.6 Å². The van der Waals surface area contributed by atoms with E-state index in [9.17, 15) is 74.4 Å². The van der Waals surface area contributed by atoms with Crippen molar-refractivity contribution < 1.29 is 117 Å². The molecule has 0 aromatic rings. The molecular weight excluding hydrogens is 1180 g/mol. The number of hydrogen-bond acceptors (Lipinski definition) is 26. The van der Waals surface area contributed by atoms with Crippen LogP contribution in [0.3, 0.4) is 0 Å². The van der Waals surface area contributed by atoms with Gasteiger partial charge in [0, 0.05) is 77.5 Å². The van der Waals surface area contributed by atoms with Crippen molar-refractivity contribution in [3.05, 3.63) is 0 Å². The Morgan fingerprint density at radius 3 is 1.38 bits per heavy atom. The predicted molar refractivity (Wildman–Crippen MR) is 314 cm³/mol. The first-order valence-electron chi connectivity index (χ1n) is 30.2. The summed E-state index contributed by atoms with van der Waals surface area (Å²) in [7, 11) is 0. The van der Waals surface area contributed by atoms with Gasteiger partial charge in [-0.3, -0.25) is 33.6 Å². The molecule has 3 rings (SSSR count). The van der Waals surface area contributed by atoms with Gasteiger partial charge in [0.25, 0.3) is 0 Å². The molecular formula is C57H100N6O24S. The number of ketones is 2. The molecule has 3 aliphatic heterocycles. The highest BCUT2D eigenvalue weighted by atomic mass is 32.2. The molecule has 0 saturated carbocycles. The Hall–Kier alpha value is -3.97. The lowest BCUT2D eigenvalue weighted by Gasteiger charge is -2.43. The lowest BCUT2D eigenvalue weighted by molar-refractivity contribution is -0.270. The van der Waals surface area contributed by atoms with Gasteiger partial charge in [-0.15, -0.1) is 0 Å². The van der Waals surface area contributed by atoms with E-state index in [0.29, 0.717) is 37.8 Å². The van der Waals surface area contributed by atoms with E-state index < -0.39 is 141 Å². The monoisotopic (exact) mass is 1280 g/mol. The molecule has 0 aromatic carbocycles. The number of Topliss-reactive ketones (excluding diaryl/α,β-unsaturated/α-hetero) is 2. The molecule has 14 N–H and O–H groups in total. The van der Waals surface area contributed by atoms with Gasteiger partial charge in [-0.2, -0.15) is 11.8 Å². The Kier molecular flexibility index (Phi) is 38.2. The summed E-state index contributed by atoms with van der Waals surface area (Å²) in [5, 5.41) is 103. The van der Waals surface area contributed by atoms with Crippen LogP contribution in [0.5, 0.6) is 0 Å². The van der Waals surface area contributed by atoms with Crippen molar-refractivity contribution in [2.75, 3.05) is 97.8 Å². The Morgan fingerprint density at radius 2 is 0.909 bits per heavy atom. The number of thioether (sulfide) groups is 1. The van der Waals surface area contributed by atoms with Crippen LogP contribution in [0.25, 0.3) is 0 Å². The summed E-state index contributed by atoms with van der Waals surface area (Å²) in [6.45, 7) is 2.19. The smallest absolute Gasteiger partial charge is 0.222 e. The molecule has 0 aliphatic carbocycles. The summed E-state index contributed by atoms with van der Waals surface area (Å²) in [6, 6.07) is -3.07. The Labute approximate surface area is 518 Å². The molecule has 508 valence electrons. The van der Waals surface area contributed by atoms with Crippen molar-refractivity contribution >= 4 is 58.6 Å². The number of hydrogen-bond donors (Lipinski definition) is 14. The van der Waals surface area contributed by atoms with Crippen LogP contribution in [0.15, 0.2) is 0 Å². The SMILES string of the molecule is CSCCCC(=N)CCCCCC(=O)NC(COCCC(=O)CCCOC1OC(CO)C(O)C(C)C1NC(C)=O)(COCCC(=O)CCCOC1OC(CO)C(O)C(O)C1NC(C)=O)COCCC(=O)NCCOC1OC(CO)C(O)C(O)C1NC(C)=O. The molecule has 5 amide bonds. The summed E-state index contributed by atoms with van der Waals surface area (Å²) in [4.78, 5) is 88.8. The lowest BCUT2D eigenvalue weighted by Crippen LogP contribution is -2.64. The fraction of sp³-hybridized carbons (Fsp3) is 0.860. The molecule has 0 spiro atoms. The molecule has 3 saturated heterocycles. The van der Waals surface area contributed by atoms with Gasteiger partial charge in [0.15, 0.2) is 18.9 Å². The van der Waals surface area contributed by atoms with Gasteiger partial charge in [0.2, 0.25) is 29.5 Å². The van der Waals surface area contributed by atoms with Crippen molar-refractivity contribution in [3.8, 4) is 0 Å². The minimum Gasteiger partial charge on any atom is -0.394 e. The van der Waals surface area contributed by atoms with Crippen molar-refractivity contribution in [1.82, 2.24) is 26.6 Å². The standard InChI is InChI=1S/C57H100N6O24S/c1-34-46(60-35(2)67)54(85-41(28-64)49(34)74)82-21-9-14-39(70)17-23-79-31-57(63-45(73)16-8-6-7-12-38(58)13-11-27-88-5,32-80-24-18-40(71)15-10-22-83-55-47(61-36(3)68)52(77)50(75)42(29-65)86-55)33-81-25-19-44(72)59-20-26-84-56-48(62-37(4)69)53(78)51(76)43(30-66)87-56/h34,41-43,46-56,58,64-66,74-78H,6-33H2,1-5H3,(H,59,72)(H,60,67)(H,61,68)(H,62,69)(H,63,73). The van der Waals surface area contributed by atoms with Crippen LogP contribution in [0.1, 0.15) is 118 Å². The fourth-order valence-electron chi connectivity index (χ4n) is 10.0. The van der Waals surface area contributed by atoms with E-state index in [1.165, 1.54) is 20.8 Å². The lowest BCUT2D eigenvalue weighted by atomic mass is 9.89. The molecule has 31 heteroatoms. The molecule has 30 nitrogen and oxygen atoms in total. The van der Waals surface area contributed by atoms with Gasteiger partial charge in [-0.05, 0) is 57.0 Å². The van der Waals surface area contributed by atoms with Crippen LogP contribution in [-0.4, -0.2) is 277 Å². The predicted octanol–water partition coefficient (Wildman–Crippen LogP) is -2.85. The van der Waals surface area contributed by atoms with Crippen molar-refractivity contribution in [1.29, 1.82) is 5.41 Å². The molecule has 16 atom stereocenters. The first-order valence-corrected chi connectivity index (χ1v) is 31.6. The van der Waals surface area contributed by atoms with E-state index in [1.807, 2.05) is 6.26 Å². The van der Waals surface area contributed by atoms with Crippen molar-refractivity contribution in [3.63, 3.8) is 0 Å². The third kappa shape index (κ3) is 28.7. The largest absolute Gasteiger partial charge is 0.394 e. The average Bonchev–Trinajstić information content (AvgIpc) is 3.21. The summed E-state index contributed by atoms with van der Waals surface area (Å²) in [5.74, 6) is -2.30. The van der Waals surface area contributed by atoms with Gasteiger partial charge in [-0.1, -0.05) is 13.3 Å². The third-order valence-electron chi connectivity index (χ3n) is 14.9. The molecule has 0 radical (unpaired) electrons. The number of nitrogens with one attached hydrogen (secondary N) is 6. The second-order valence-corrected chi connectivity index (χ2v) is 23.4. The maximum absolute atomic E-state index is 13.8. The number of ether oxygens (including phenoxy) is 9. The number of amides is 5. The van der Waals surface area contributed by atoms with Crippen LogP contribution >= 0.6 is 11.8 Å². The number of aliphatic hydroxyl groups excluding tert-OH is 8. The van der Waals surface area contributed by atoms with Gasteiger partial charge < -0.3 is 115 Å². The Balaban J connectivity index is 1.69. The molecule has 16 unspecified atom stereocenters. The molecule has 0 aromatic heterocycles. The van der Waals surface area contributed by atoms with Gasteiger partial charge in [-0.25, -0.2) is 0 Å². The van der Waals surface area contributed by atoms with E-state index in [0.717, 1.165) is 12.2 Å². The van der Waals surface area contributed by atoms with E-state index in [2.05, 4.69) is 26.6 Å². The zero-order chi connectivity index (χ0) is 65.2. The zero-order valence-electron chi connectivity index (χ0n) is 51.5. The summed E-state index contributed by atoms with van der Waals surface area (Å²) in [5.41, 5.74) is -0.793. The van der Waals surface area contributed by atoms with E-state index in [1.54, 1.807) is 18.7 Å². The summed E-state index contributed by atoms with van der Waals surface area (Å²) < 4.78 is 52.4. The van der Waals surface area contributed by atoms with E-state index in [-0.39, 0.29) is 135 Å². The van der Waals surface area contributed by atoms with Crippen molar-refractivity contribution in [2.45, 2.75) is 209 Å². The highest BCUT2D eigenvalue weighted by molar-refractivity contribution is 7.98. The average molecular weight is 1290 g/mol. The van der Waals surface area contributed by atoms with Gasteiger partial charge >= 0.3 is 0 Å². The zero-order valence-corrected chi connectivity index (χ0v) is 52.3. The minimum atomic E-state index is -1.53. The Morgan fingerprint density at radius 1 is 0.489 bits per heavy atom. The van der Waals surface area contributed by atoms with Gasteiger partial charge in [0.1, 0.15) is 71.9 Å². The molecule has 0 bridgehead atoms. The molecule has 3 aliphatic rings. The van der Waals surface area contributed by atoms with E-state index in [4.69, 9.17) is 48.0 Å². The van der Waals surface area contributed by atoms with Crippen LogP contribution in [0.2, 0.25) is 0 Å².